The van der Waals surface area contributed by atoms with Crippen LogP contribution >= 0.6 is 0 Å². The first-order chi connectivity index (χ1) is 11.5. The third-order valence-corrected chi connectivity index (χ3v) is 4.75. The van der Waals surface area contributed by atoms with Crippen LogP contribution in [0.1, 0.15) is 39.6 Å². The molecule has 0 aliphatic heterocycles. The van der Waals surface area contributed by atoms with Crippen molar-refractivity contribution in [2.24, 2.45) is 7.05 Å². The van der Waals surface area contributed by atoms with Crippen LogP contribution in [0.5, 0.6) is 0 Å². The molecule has 4 rings (SSSR count). The number of nitrogens with zero attached hydrogens (tertiary/aromatic N) is 3. The number of carbonyl (C=O) groups is 1. The maximum absolute atomic E-state index is 13.1. The van der Waals surface area contributed by atoms with Crippen LogP contribution in [0.3, 0.4) is 0 Å². The van der Waals surface area contributed by atoms with Crippen LogP contribution in [-0.4, -0.2) is 20.5 Å². The summed E-state index contributed by atoms with van der Waals surface area (Å²) in [6, 6.07) is 6.30. The molecular formula is C18H17FN4O. The topological polar surface area (TPSA) is 73.8 Å². The first-order valence-corrected chi connectivity index (χ1v) is 7.86. The average molecular weight is 324 g/mol. The number of aromatic nitrogens is 3. The van der Waals surface area contributed by atoms with E-state index in [-0.39, 0.29) is 17.5 Å². The van der Waals surface area contributed by atoms with Gasteiger partial charge in [0.15, 0.2) is 11.4 Å². The minimum Gasteiger partial charge on any atom is -0.397 e. The molecule has 5 nitrogen and oxygen atoms in total. The average Bonchev–Trinajstić information content (AvgIpc) is 2.82. The number of fused-ring (bicyclic) bond motifs is 2. The number of ketones is 1. The smallest absolute Gasteiger partial charge is 0.167 e. The molecule has 122 valence electrons. The number of hydrogen-bond acceptors (Lipinski definition) is 4. The molecule has 0 radical (unpaired) electrons. The molecule has 0 fully saturated rings. The Morgan fingerprint density at radius 1 is 1.25 bits per heavy atom. The van der Waals surface area contributed by atoms with E-state index in [4.69, 9.17) is 5.73 Å². The van der Waals surface area contributed by atoms with Gasteiger partial charge in [0.05, 0.1) is 28.0 Å². The Morgan fingerprint density at radius 2 is 1.96 bits per heavy atom. The standard InChI is InChI=1S/C18H17FN4O/c1-9-15-17(20)16-13(21-18(15)23(2)22-9)7-11(8-14(16)24)10-3-5-12(19)6-4-10/h3-6,11H,7-8H2,1-2H3,(H2,20,21). The number of pyridine rings is 1. The van der Waals surface area contributed by atoms with Crippen molar-refractivity contribution in [1.29, 1.82) is 0 Å². The molecule has 0 saturated heterocycles. The molecule has 1 atom stereocenters. The third kappa shape index (κ3) is 2.10. The summed E-state index contributed by atoms with van der Waals surface area (Å²) >= 11 is 0. The second kappa shape index (κ2) is 5.12. The quantitative estimate of drug-likeness (QED) is 0.747. The molecule has 24 heavy (non-hydrogen) atoms. The van der Waals surface area contributed by atoms with Crippen molar-refractivity contribution in [2.45, 2.75) is 25.7 Å². The SMILES string of the molecule is Cc1nn(C)c2nc3c(c(N)c12)C(=O)CC(c1ccc(F)cc1)C3. The van der Waals surface area contributed by atoms with Gasteiger partial charge >= 0.3 is 0 Å². The van der Waals surface area contributed by atoms with Crippen molar-refractivity contribution in [3.05, 3.63) is 52.6 Å². The predicted molar refractivity (Wildman–Crippen MR) is 89.5 cm³/mol. The van der Waals surface area contributed by atoms with Crippen LogP contribution in [0.25, 0.3) is 11.0 Å². The number of nitrogens with two attached hydrogens (primary N) is 1. The van der Waals surface area contributed by atoms with Gasteiger partial charge in [-0.2, -0.15) is 5.10 Å². The number of benzene rings is 1. The van der Waals surface area contributed by atoms with Crippen molar-refractivity contribution in [2.75, 3.05) is 5.73 Å². The largest absolute Gasteiger partial charge is 0.397 e. The lowest BCUT2D eigenvalue weighted by Gasteiger charge is -2.24. The summed E-state index contributed by atoms with van der Waals surface area (Å²) in [4.78, 5) is 17.4. The number of hydrogen-bond donors (Lipinski definition) is 1. The normalized spacial score (nSPS) is 17.3. The Labute approximate surface area is 138 Å². The van der Waals surface area contributed by atoms with Crippen molar-refractivity contribution in [1.82, 2.24) is 14.8 Å². The zero-order chi connectivity index (χ0) is 17.0. The molecule has 1 aromatic carbocycles. The molecule has 0 spiro atoms. The van der Waals surface area contributed by atoms with Gasteiger partial charge in [-0.05, 0) is 37.0 Å². The third-order valence-electron chi connectivity index (χ3n) is 4.75. The van der Waals surface area contributed by atoms with E-state index in [1.807, 2.05) is 14.0 Å². The van der Waals surface area contributed by atoms with Gasteiger partial charge in [-0.1, -0.05) is 12.1 Å². The molecule has 6 heteroatoms. The molecule has 2 N–H and O–H groups in total. The zero-order valence-electron chi connectivity index (χ0n) is 13.5. The Kier molecular flexibility index (Phi) is 3.16. The highest BCUT2D eigenvalue weighted by Gasteiger charge is 2.31. The fourth-order valence-corrected chi connectivity index (χ4v) is 3.61. The number of carbonyl (C=O) groups excluding carboxylic acids is 1. The summed E-state index contributed by atoms with van der Waals surface area (Å²) in [5.74, 6) is -0.305. The van der Waals surface area contributed by atoms with E-state index >= 15 is 0 Å². The summed E-state index contributed by atoms with van der Waals surface area (Å²) < 4.78 is 14.8. The lowest BCUT2D eigenvalue weighted by Crippen LogP contribution is -2.22. The van der Waals surface area contributed by atoms with Crippen molar-refractivity contribution >= 4 is 22.5 Å². The first-order valence-electron chi connectivity index (χ1n) is 7.86. The number of rotatable bonds is 1. The summed E-state index contributed by atoms with van der Waals surface area (Å²) in [5, 5.41) is 5.11. The summed E-state index contributed by atoms with van der Waals surface area (Å²) in [6.45, 7) is 1.86. The number of halogens is 1. The molecule has 2 heterocycles. The molecule has 3 aromatic rings. The van der Waals surface area contributed by atoms with Crippen LogP contribution in [0.15, 0.2) is 24.3 Å². The van der Waals surface area contributed by atoms with Crippen LogP contribution in [-0.2, 0) is 13.5 Å². The van der Waals surface area contributed by atoms with Crippen molar-refractivity contribution in [3.63, 3.8) is 0 Å². The zero-order valence-corrected chi connectivity index (χ0v) is 13.5. The van der Waals surface area contributed by atoms with E-state index in [1.165, 1.54) is 12.1 Å². The van der Waals surface area contributed by atoms with Gasteiger partial charge in [0.25, 0.3) is 0 Å². The van der Waals surface area contributed by atoms with E-state index in [0.29, 0.717) is 35.4 Å². The number of nitrogen functional groups attached to an aromatic ring is 1. The fraction of sp³-hybridized carbons (Fsp3) is 0.278. The van der Waals surface area contributed by atoms with E-state index in [1.54, 1.807) is 16.8 Å². The Morgan fingerprint density at radius 3 is 2.67 bits per heavy atom. The molecule has 0 bridgehead atoms. The van der Waals surface area contributed by atoms with Gasteiger partial charge < -0.3 is 5.73 Å². The van der Waals surface area contributed by atoms with Crippen LogP contribution in [0.4, 0.5) is 10.1 Å². The predicted octanol–water partition coefficient (Wildman–Crippen LogP) is 2.91. The molecule has 1 aliphatic rings. The number of aryl methyl sites for hydroxylation is 2. The Bertz CT molecular complexity index is 975. The first kappa shape index (κ1) is 14.8. The molecule has 1 aliphatic carbocycles. The number of Topliss-reactive ketones (excluding diaryl/α,β-unsaturated/α-hetero) is 1. The van der Waals surface area contributed by atoms with Gasteiger partial charge in [0.1, 0.15) is 5.82 Å². The summed E-state index contributed by atoms with van der Waals surface area (Å²) in [7, 11) is 1.82. The van der Waals surface area contributed by atoms with Gasteiger partial charge in [-0.15, -0.1) is 0 Å². The Balaban J connectivity index is 1.85. The lowest BCUT2D eigenvalue weighted by molar-refractivity contribution is 0.0964. The highest BCUT2D eigenvalue weighted by Crippen LogP contribution is 2.37. The van der Waals surface area contributed by atoms with E-state index < -0.39 is 0 Å². The fourth-order valence-electron chi connectivity index (χ4n) is 3.61. The van der Waals surface area contributed by atoms with Crippen LogP contribution in [0, 0.1) is 12.7 Å². The molecule has 0 amide bonds. The van der Waals surface area contributed by atoms with Crippen molar-refractivity contribution < 1.29 is 9.18 Å². The van der Waals surface area contributed by atoms with E-state index in [9.17, 15) is 9.18 Å². The second-order valence-corrected chi connectivity index (χ2v) is 6.33. The highest BCUT2D eigenvalue weighted by atomic mass is 19.1. The molecule has 1 unspecified atom stereocenters. The minimum absolute atomic E-state index is 0.00993. The monoisotopic (exact) mass is 324 g/mol. The lowest BCUT2D eigenvalue weighted by atomic mass is 9.81. The van der Waals surface area contributed by atoms with Crippen LogP contribution in [0.2, 0.25) is 0 Å². The molecule has 2 aromatic heterocycles. The van der Waals surface area contributed by atoms with E-state index in [0.717, 1.165) is 16.6 Å². The van der Waals surface area contributed by atoms with E-state index in [2.05, 4.69) is 10.1 Å². The maximum atomic E-state index is 13.1. The van der Waals surface area contributed by atoms with Gasteiger partial charge in [-0.25, -0.2) is 9.37 Å². The highest BCUT2D eigenvalue weighted by molar-refractivity contribution is 6.09. The van der Waals surface area contributed by atoms with Crippen molar-refractivity contribution in [3.8, 4) is 0 Å². The van der Waals surface area contributed by atoms with Gasteiger partial charge in [0.2, 0.25) is 0 Å². The van der Waals surface area contributed by atoms with Gasteiger partial charge in [-0.3, -0.25) is 9.48 Å². The van der Waals surface area contributed by atoms with Gasteiger partial charge in [0, 0.05) is 13.5 Å². The maximum Gasteiger partial charge on any atom is 0.167 e. The molecular weight excluding hydrogens is 307 g/mol. The molecule has 0 saturated carbocycles. The second-order valence-electron chi connectivity index (χ2n) is 6.33. The number of anilines is 1. The summed E-state index contributed by atoms with van der Waals surface area (Å²) in [5.41, 5.74) is 10.4. The minimum atomic E-state index is -0.282. The Hall–Kier alpha value is -2.76. The van der Waals surface area contributed by atoms with Crippen LogP contribution < -0.4 is 5.73 Å². The summed E-state index contributed by atoms with van der Waals surface area (Å²) in [6.07, 6.45) is 0.965.